The molecular formula is C8H5F2IN2O4. The normalized spacial score (nSPS) is 10.6. The van der Waals surface area contributed by atoms with Crippen LogP contribution >= 0.6 is 22.6 Å². The Labute approximate surface area is 107 Å². The highest BCUT2D eigenvalue weighted by molar-refractivity contribution is 14.1. The number of aromatic nitrogens is 1. The van der Waals surface area contributed by atoms with E-state index in [-0.39, 0.29) is 3.57 Å². The first-order chi connectivity index (χ1) is 7.82. The van der Waals surface area contributed by atoms with Gasteiger partial charge in [-0.2, -0.15) is 0 Å². The Morgan fingerprint density at radius 1 is 1.65 bits per heavy atom. The lowest BCUT2D eigenvalue weighted by molar-refractivity contribution is -0.390. The van der Waals surface area contributed by atoms with E-state index in [1.54, 1.807) is 0 Å². The summed E-state index contributed by atoms with van der Waals surface area (Å²) in [5.41, 5.74) is -1.08. The number of pyridine rings is 1. The van der Waals surface area contributed by atoms with Crippen molar-refractivity contribution in [3.63, 3.8) is 0 Å². The molecule has 0 aromatic carbocycles. The highest BCUT2D eigenvalue weighted by Crippen LogP contribution is 2.28. The van der Waals surface area contributed by atoms with Crippen molar-refractivity contribution in [2.45, 2.75) is 12.8 Å². The molecule has 1 N–H and O–H groups in total. The summed E-state index contributed by atoms with van der Waals surface area (Å²) in [5, 5.41) is 19.1. The number of nitro groups is 1. The van der Waals surface area contributed by atoms with Gasteiger partial charge in [-0.25, -0.2) is 8.78 Å². The smallest absolute Gasteiger partial charge is 0.377 e. The fourth-order valence-corrected chi connectivity index (χ4v) is 1.79. The third-order valence-corrected chi connectivity index (χ3v) is 2.59. The predicted molar refractivity (Wildman–Crippen MR) is 59.9 cm³/mol. The van der Waals surface area contributed by atoms with Crippen LogP contribution in [0.4, 0.5) is 14.6 Å². The number of hydrogen-bond donors (Lipinski definition) is 1. The largest absolute Gasteiger partial charge is 0.481 e. The summed E-state index contributed by atoms with van der Waals surface area (Å²) in [6.07, 6.45) is -3.71. The molecule has 0 amide bonds. The molecule has 0 aliphatic carbocycles. The number of carbonyl (C=O) groups is 1. The molecule has 92 valence electrons. The van der Waals surface area contributed by atoms with E-state index in [4.69, 9.17) is 5.11 Å². The fourth-order valence-electron chi connectivity index (χ4n) is 1.13. The summed E-state index contributed by atoms with van der Waals surface area (Å²) < 4.78 is 25.1. The quantitative estimate of drug-likeness (QED) is 0.506. The molecule has 1 aromatic rings. The zero-order valence-electron chi connectivity index (χ0n) is 8.06. The number of alkyl halides is 2. The number of carboxylic acid groups (broad SMARTS) is 1. The van der Waals surface area contributed by atoms with Crippen molar-refractivity contribution in [2.24, 2.45) is 0 Å². The number of hydrogen-bond acceptors (Lipinski definition) is 4. The molecule has 1 heterocycles. The van der Waals surface area contributed by atoms with Gasteiger partial charge in [-0.15, -0.1) is 0 Å². The van der Waals surface area contributed by atoms with Gasteiger partial charge in [0.1, 0.15) is 9.99 Å². The van der Waals surface area contributed by atoms with Crippen molar-refractivity contribution in [1.82, 2.24) is 4.98 Å². The number of halogens is 3. The molecule has 0 radical (unpaired) electrons. The molecule has 1 rings (SSSR count). The second-order valence-corrected chi connectivity index (χ2v) is 4.12. The summed E-state index contributed by atoms with van der Waals surface area (Å²) in [7, 11) is 0. The van der Waals surface area contributed by atoms with Crippen molar-refractivity contribution in [2.75, 3.05) is 0 Å². The van der Waals surface area contributed by atoms with Crippen molar-refractivity contribution in [3.05, 3.63) is 31.0 Å². The second kappa shape index (κ2) is 5.29. The van der Waals surface area contributed by atoms with Gasteiger partial charge in [0.25, 0.3) is 6.43 Å². The summed E-state index contributed by atoms with van der Waals surface area (Å²) >= 11 is 1.50. The van der Waals surface area contributed by atoms with Crippen LogP contribution in [0.1, 0.15) is 17.7 Å². The predicted octanol–water partition coefficient (Wildman–Crippen LogP) is 2.16. The van der Waals surface area contributed by atoms with E-state index in [9.17, 15) is 23.7 Å². The molecule has 0 aliphatic heterocycles. The van der Waals surface area contributed by atoms with E-state index in [1.165, 1.54) is 22.6 Å². The molecule has 9 heteroatoms. The van der Waals surface area contributed by atoms with Crippen molar-refractivity contribution in [3.8, 4) is 0 Å². The molecular weight excluding hydrogens is 353 g/mol. The van der Waals surface area contributed by atoms with Crippen LogP contribution < -0.4 is 0 Å². The maximum atomic E-state index is 12.6. The van der Waals surface area contributed by atoms with Crippen LogP contribution in [0.25, 0.3) is 0 Å². The van der Waals surface area contributed by atoms with E-state index in [0.717, 1.165) is 6.07 Å². The minimum Gasteiger partial charge on any atom is -0.481 e. The lowest BCUT2D eigenvalue weighted by atomic mass is 10.1. The molecule has 0 saturated heterocycles. The summed E-state index contributed by atoms with van der Waals surface area (Å²) in [6, 6.07) is 0.884. The Hall–Kier alpha value is -1.39. The van der Waals surface area contributed by atoms with Crippen LogP contribution in [0.15, 0.2) is 6.07 Å². The average molecular weight is 358 g/mol. The SMILES string of the molecule is O=C(O)Cc1nc([N+](=O)[O-])c(I)cc1C(F)F. The summed E-state index contributed by atoms with van der Waals surface area (Å²) in [6.45, 7) is 0. The standard InChI is InChI=1S/C8H5F2IN2O4/c9-7(10)3-1-4(11)8(13(16)17)12-5(3)2-6(14)15/h1,7H,2H2,(H,14,15). The molecule has 1 aromatic heterocycles. The molecule has 0 fully saturated rings. The molecule has 0 spiro atoms. The Morgan fingerprint density at radius 3 is 2.65 bits per heavy atom. The van der Waals surface area contributed by atoms with Gasteiger partial charge < -0.3 is 15.2 Å². The molecule has 0 unspecified atom stereocenters. The van der Waals surface area contributed by atoms with Gasteiger partial charge in [-0.05, 0) is 38.6 Å². The van der Waals surface area contributed by atoms with Gasteiger partial charge in [0.2, 0.25) is 0 Å². The third-order valence-electron chi connectivity index (χ3n) is 1.80. The summed E-state index contributed by atoms with van der Waals surface area (Å²) in [4.78, 5) is 23.5. The van der Waals surface area contributed by atoms with Crippen molar-refractivity contribution >= 4 is 34.4 Å². The maximum absolute atomic E-state index is 12.6. The van der Waals surface area contributed by atoms with Crippen LogP contribution in [-0.2, 0) is 11.2 Å². The Bertz CT molecular complexity index is 481. The lowest BCUT2D eigenvalue weighted by Crippen LogP contribution is -2.09. The van der Waals surface area contributed by atoms with Crippen LogP contribution in [0, 0.1) is 13.7 Å². The van der Waals surface area contributed by atoms with Gasteiger partial charge in [0.05, 0.1) is 5.56 Å². The zero-order valence-corrected chi connectivity index (χ0v) is 10.2. The van der Waals surface area contributed by atoms with E-state index < -0.39 is 40.8 Å². The first-order valence-electron chi connectivity index (χ1n) is 4.16. The van der Waals surface area contributed by atoms with Crippen LogP contribution in [0.5, 0.6) is 0 Å². The third kappa shape index (κ3) is 3.28. The van der Waals surface area contributed by atoms with E-state index in [2.05, 4.69) is 4.98 Å². The average Bonchev–Trinajstić information content (AvgIpc) is 2.18. The van der Waals surface area contributed by atoms with Crippen molar-refractivity contribution in [1.29, 1.82) is 0 Å². The zero-order chi connectivity index (χ0) is 13.2. The minimum atomic E-state index is -2.92. The Kier molecular flexibility index (Phi) is 4.26. The second-order valence-electron chi connectivity index (χ2n) is 2.96. The number of rotatable bonds is 4. The monoisotopic (exact) mass is 358 g/mol. The molecule has 0 aliphatic rings. The molecule has 6 nitrogen and oxygen atoms in total. The van der Waals surface area contributed by atoms with Gasteiger partial charge in [0, 0.05) is 0 Å². The number of aliphatic carboxylic acids is 1. The van der Waals surface area contributed by atoms with E-state index >= 15 is 0 Å². The van der Waals surface area contributed by atoms with Gasteiger partial charge in [-0.1, -0.05) is 0 Å². The number of nitrogens with zero attached hydrogens (tertiary/aromatic N) is 2. The Morgan fingerprint density at radius 2 is 2.24 bits per heavy atom. The topological polar surface area (TPSA) is 93.3 Å². The van der Waals surface area contributed by atoms with E-state index in [0.29, 0.717) is 0 Å². The highest BCUT2D eigenvalue weighted by Gasteiger charge is 2.26. The highest BCUT2D eigenvalue weighted by atomic mass is 127. The molecule has 17 heavy (non-hydrogen) atoms. The molecule has 0 saturated carbocycles. The molecule has 0 bridgehead atoms. The fraction of sp³-hybridized carbons (Fsp3) is 0.250. The summed E-state index contributed by atoms with van der Waals surface area (Å²) in [5.74, 6) is -2.00. The Balaban J connectivity index is 3.36. The van der Waals surface area contributed by atoms with Gasteiger partial charge >= 0.3 is 11.8 Å². The first kappa shape index (κ1) is 13.7. The molecule has 0 atom stereocenters. The van der Waals surface area contributed by atoms with Gasteiger partial charge in [-0.3, -0.25) is 4.79 Å². The van der Waals surface area contributed by atoms with E-state index in [1.807, 2.05) is 0 Å². The van der Waals surface area contributed by atoms with Crippen LogP contribution in [0.2, 0.25) is 0 Å². The van der Waals surface area contributed by atoms with Crippen LogP contribution in [0.3, 0.4) is 0 Å². The van der Waals surface area contributed by atoms with Gasteiger partial charge in [0.15, 0.2) is 5.69 Å². The minimum absolute atomic E-state index is 0.0583. The number of carboxylic acids is 1. The van der Waals surface area contributed by atoms with Crippen molar-refractivity contribution < 1.29 is 23.6 Å². The first-order valence-corrected chi connectivity index (χ1v) is 5.24. The van der Waals surface area contributed by atoms with Crippen LogP contribution in [-0.4, -0.2) is 21.0 Å². The maximum Gasteiger partial charge on any atom is 0.377 e. The lowest BCUT2D eigenvalue weighted by Gasteiger charge is -2.04.